The summed E-state index contributed by atoms with van der Waals surface area (Å²) in [6, 6.07) is 0. The van der Waals surface area contributed by atoms with Crippen molar-refractivity contribution in [2.24, 2.45) is 11.3 Å². The Morgan fingerprint density at radius 3 is 2.33 bits per heavy atom. The number of rotatable bonds is 1. The van der Waals surface area contributed by atoms with Gasteiger partial charge in [0.1, 0.15) is 5.60 Å². The Morgan fingerprint density at radius 1 is 1.42 bits per heavy atom. The van der Waals surface area contributed by atoms with Crippen LogP contribution in [0.5, 0.6) is 0 Å². The van der Waals surface area contributed by atoms with E-state index in [4.69, 9.17) is 4.74 Å². The summed E-state index contributed by atoms with van der Waals surface area (Å²) in [5, 5.41) is 0. The van der Waals surface area contributed by atoms with Crippen molar-refractivity contribution in [3.8, 4) is 0 Å². The second-order valence-corrected chi connectivity index (χ2v) is 4.85. The number of hydrogen-bond acceptors (Lipinski definition) is 2. The van der Waals surface area contributed by atoms with Crippen molar-refractivity contribution < 1.29 is 9.53 Å². The van der Waals surface area contributed by atoms with Gasteiger partial charge in [-0.15, -0.1) is 0 Å². The number of carbonyl (C=O) groups excluding carboxylic acids is 1. The third kappa shape index (κ3) is 0.782. The molecule has 2 atom stereocenters. The molecule has 2 unspecified atom stereocenters. The molecule has 0 N–H and O–H groups in total. The Bertz CT molecular complexity index is 234. The van der Waals surface area contributed by atoms with Gasteiger partial charge in [-0.2, -0.15) is 0 Å². The highest BCUT2D eigenvalue weighted by Gasteiger charge is 2.60. The molecule has 1 saturated carbocycles. The molecule has 0 aromatic heterocycles. The molecule has 1 aliphatic carbocycles. The molecule has 1 heterocycles. The first-order valence-electron chi connectivity index (χ1n) is 4.72. The first kappa shape index (κ1) is 8.09. The van der Waals surface area contributed by atoms with Gasteiger partial charge in [0.2, 0.25) is 0 Å². The normalized spacial score (nSPS) is 45.5. The smallest absolute Gasteiger partial charge is 0.312 e. The van der Waals surface area contributed by atoms with Crippen molar-refractivity contribution in [1.29, 1.82) is 0 Å². The SMILES string of the molecule is CC(C)C12CCC(C)(C1)C(=O)O2. The lowest BCUT2D eigenvalue weighted by Gasteiger charge is -2.30. The molecule has 0 radical (unpaired) electrons. The predicted octanol–water partition coefficient (Wildman–Crippen LogP) is 2.13. The molecule has 1 aliphatic heterocycles. The molecule has 2 rings (SSSR count). The van der Waals surface area contributed by atoms with Crippen molar-refractivity contribution in [1.82, 2.24) is 0 Å². The van der Waals surface area contributed by atoms with E-state index in [0.29, 0.717) is 5.92 Å². The summed E-state index contributed by atoms with van der Waals surface area (Å²) >= 11 is 0. The maximum atomic E-state index is 11.4. The number of carbonyl (C=O) groups is 1. The van der Waals surface area contributed by atoms with Crippen molar-refractivity contribution >= 4 is 5.97 Å². The van der Waals surface area contributed by atoms with Crippen LogP contribution in [0.2, 0.25) is 0 Å². The monoisotopic (exact) mass is 168 g/mol. The lowest BCUT2D eigenvalue weighted by atomic mass is 9.86. The van der Waals surface area contributed by atoms with E-state index >= 15 is 0 Å². The van der Waals surface area contributed by atoms with Gasteiger partial charge in [-0.1, -0.05) is 13.8 Å². The van der Waals surface area contributed by atoms with Crippen molar-refractivity contribution in [2.45, 2.75) is 45.6 Å². The van der Waals surface area contributed by atoms with Crippen LogP contribution in [0, 0.1) is 11.3 Å². The lowest BCUT2D eigenvalue weighted by molar-refractivity contribution is -0.163. The molecule has 68 valence electrons. The second-order valence-electron chi connectivity index (χ2n) is 4.85. The van der Waals surface area contributed by atoms with Crippen molar-refractivity contribution in [3.63, 3.8) is 0 Å². The fourth-order valence-corrected chi connectivity index (χ4v) is 2.50. The van der Waals surface area contributed by atoms with Crippen LogP contribution in [0.1, 0.15) is 40.0 Å². The van der Waals surface area contributed by atoms with Gasteiger partial charge in [-0.3, -0.25) is 4.79 Å². The molecular weight excluding hydrogens is 152 g/mol. The zero-order chi connectivity index (χ0) is 8.98. The highest BCUT2D eigenvalue weighted by molar-refractivity contribution is 5.80. The van der Waals surface area contributed by atoms with Gasteiger partial charge < -0.3 is 4.74 Å². The summed E-state index contributed by atoms with van der Waals surface area (Å²) < 4.78 is 5.47. The van der Waals surface area contributed by atoms with Crippen LogP contribution in [-0.2, 0) is 9.53 Å². The second kappa shape index (κ2) is 2.04. The van der Waals surface area contributed by atoms with Gasteiger partial charge in [-0.05, 0) is 25.7 Å². The van der Waals surface area contributed by atoms with Crippen molar-refractivity contribution in [2.75, 3.05) is 0 Å². The molecule has 2 aliphatic rings. The first-order valence-corrected chi connectivity index (χ1v) is 4.72. The maximum Gasteiger partial charge on any atom is 0.312 e. The third-order valence-corrected chi connectivity index (χ3v) is 3.63. The van der Waals surface area contributed by atoms with E-state index in [1.165, 1.54) is 0 Å². The van der Waals surface area contributed by atoms with Crippen LogP contribution < -0.4 is 0 Å². The van der Waals surface area contributed by atoms with E-state index in [1.54, 1.807) is 0 Å². The zero-order valence-electron chi connectivity index (χ0n) is 8.02. The Morgan fingerprint density at radius 2 is 2.08 bits per heavy atom. The number of esters is 1. The minimum absolute atomic E-state index is 0.0300. The summed E-state index contributed by atoms with van der Waals surface area (Å²) in [4.78, 5) is 11.4. The number of hydrogen-bond donors (Lipinski definition) is 0. The van der Waals surface area contributed by atoms with Gasteiger partial charge in [0, 0.05) is 6.42 Å². The zero-order valence-corrected chi connectivity index (χ0v) is 8.02. The number of ether oxygens (including phenoxy) is 1. The summed E-state index contributed by atoms with van der Waals surface area (Å²) in [5.41, 5.74) is -0.254. The highest BCUT2D eigenvalue weighted by atomic mass is 16.6. The Balaban J connectivity index is 2.31. The lowest BCUT2D eigenvalue weighted by Crippen LogP contribution is -2.34. The van der Waals surface area contributed by atoms with Crippen LogP contribution in [-0.4, -0.2) is 11.6 Å². The summed E-state index contributed by atoms with van der Waals surface area (Å²) in [6.07, 6.45) is 3.02. The minimum Gasteiger partial charge on any atom is -0.458 e. The van der Waals surface area contributed by atoms with E-state index in [-0.39, 0.29) is 17.0 Å². The number of fused-ring (bicyclic) bond motifs is 2. The Hall–Kier alpha value is -0.530. The first-order chi connectivity index (χ1) is 5.49. The summed E-state index contributed by atoms with van der Waals surface area (Å²) in [6.45, 7) is 6.32. The van der Waals surface area contributed by atoms with Gasteiger partial charge in [-0.25, -0.2) is 0 Å². The molecule has 2 heteroatoms. The standard InChI is InChI=1S/C10H16O2/c1-7(2)10-5-4-9(3,6-10)8(11)12-10/h7H,4-6H2,1-3H3. The average molecular weight is 168 g/mol. The van der Waals surface area contributed by atoms with Crippen LogP contribution in [0.25, 0.3) is 0 Å². The van der Waals surface area contributed by atoms with Crippen molar-refractivity contribution in [3.05, 3.63) is 0 Å². The van der Waals surface area contributed by atoms with Crippen LogP contribution in [0.4, 0.5) is 0 Å². The van der Waals surface area contributed by atoms with Crippen LogP contribution in [0.3, 0.4) is 0 Å². The molecule has 0 aromatic carbocycles. The van der Waals surface area contributed by atoms with Gasteiger partial charge in [0.25, 0.3) is 0 Å². The molecule has 1 saturated heterocycles. The third-order valence-electron chi connectivity index (χ3n) is 3.63. The topological polar surface area (TPSA) is 26.3 Å². The molecule has 2 nitrogen and oxygen atoms in total. The predicted molar refractivity (Wildman–Crippen MR) is 45.6 cm³/mol. The van der Waals surface area contributed by atoms with E-state index in [0.717, 1.165) is 19.3 Å². The van der Waals surface area contributed by atoms with E-state index in [2.05, 4.69) is 13.8 Å². The Labute approximate surface area is 73.3 Å². The van der Waals surface area contributed by atoms with E-state index < -0.39 is 0 Å². The van der Waals surface area contributed by atoms with E-state index in [9.17, 15) is 4.79 Å². The van der Waals surface area contributed by atoms with Gasteiger partial charge in [0.05, 0.1) is 5.41 Å². The fraction of sp³-hybridized carbons (Fsp3) is 0.900. The average Bonchev–Trinajstić information content (AvgIpc) is 2.41. The molecule has 0 amide bonds. The molecular formula is C10H16O2. The summed E-state index contributed by atoms with van der Waals surface area (Å²) in [5.74, 6) is 0.494. The van der Waals surface area contributed by atoms with Crippen LogP contribution in [0.15, 0.2) is 0 Å². The largest absolute Gasteiger partial charge is 0.458 e. The minimum atomic E-state index is -0.149. The van der Waals surface area contributed by atoms with Crippen LogP contribution >= 0.6 is 0 Å². The highest BCUT2D eigenvalue weighted by Crippen LogP contribution is 2.56. The maximum absolute atomic E-state index is 11.4. The molecule has 2 fully saturated rings. The fourth-order valence-electron chi connectivity index (χ4n) is 2.50. The molecule has 2 bridgehead atoms. The van der Waals surface area contributed by atoms with Gasteiger partial charge in [0.15, 0.2) is 0 Å². The summed E-state index contributed by atoms with van der Waals surface area (Å²) in [7, 11) is 0. The van der Waals surface area contributed by atoms with Gasteiger partial charge >= 0.3 is 5.97 Å². The molecule has 0 aromatic rings. The quantitative estimate of drug-likeness (QED) is 0.561. The molecule has 12 heavy (non-hydrogen) atoms. The molecule has 0 spiro atoms. The Kier molecular flexibility index (Phi) is 1.37. The van der Waals surface area contributed by atoms with E-state index in [1.807, 2.05) is 6.92 Å².